The molecule has 0 radical (unpaired) electrons. The normalized spacial score (nSPS) is 11.6. The molecule has 0 fully saturated rings. The summed E-state index contributed by atoms with van der Waals surface area (Å²) in [6.45, 7) is 5.10. The van der Waals surface area contributed by atoms with Crippen molar-refractivity contribution in [3.8, 4) is 5.75 Å². The molecule has 0 aromatic heterocycles. The molecule has 1 rings (SSSR count). The van der Waals surface area contributed by atoms with E-state index in [2.05, 4.69) is 0 Å². The van der Waals surface area contributed by atoms with Crippen LogP contribution >= 0.6 is 0 Å². The summed E-state index contributed by atoms with van der Waals surface area (Å²) in [6, 6.07) is 4.75. The van der Waals surface area contributed by atoms with Gasteiger partial charge in [0.25, 0.3) is 0 Å². The van der Waals surface area contributed by atoms with Gasteiger partial charge in [-0.3, -0.25) is 4.79 Å². The van der Waals surface area contributed by atoms with Crippen LogP contribution in [-0.4, -0.2) is 18.9 Å². The minimum absolute atomic E-state index is 0. The van der Waals surface area contributed by atoms with Crippen molar-refractivity contribution in [3.05, 3.63) is 24.3 Å². The Bertz CT molecular complexity index is 513. The van der Waals surface area contributed by atoms with E-state index in [9.17, 15) is 17.8 Å². The van der Waals surface area contributed by atoms with Gasteiger partial charge in [-0.1, -0.05) is 0 Å². The van der Waals surface area contributed by atoms with Crippen LogP contribution in [0.3, 0.4) is 0 Å². The molecule has 5 nitrogen and oxygen atoms in total. The predicted molar refractivity (Wildman–Crippen MR) is 59.5 cm³/mol. The van der Waals surface area contributed by atoms with Gasteiger partial charge in [0.2, 0.25) is 0 Å². The van der Waals surface area contributed by atoms with E-state index in [0.717, 1.165) is 12.1 Å². The molecule has 0 aliphatic carbocycles. The maximum atomic E-state index is 11.5. The predicted octanol–water partition coefficient (Wildman–Crippen LogP) is -1.45. The van der Waals surface area contributed by atoms with Gasteiger partial charge < -0.3 is 9.29 Å². The third-order valence-corrected chi connectivity index (χ3v) is 2.78. The van der Waals surface area contributed by atoms with Gasteiger partial charge >= 0.3 is 35.5 Å². The third-order valence-electron chi connectivity index (χ3n) is 1.94. The van der Waals surface area contributed by atoms with Crippen LogP contribution in [0.4, 0.5) is 0 Å². The van der Waals surface area contributed by atoms with Crippen molar-refractivity contribution in [2.24, 2.45) is 5.41 Å². The summed E-state index contributed by atoms with van der Waals surface area (Å²) in [5, 5.41) is 0. The van der Waals surface area contributed by atoms with Gasteiger partial charge in [-0.2, -0.15) is 0 Å². The van der Waals surface area contributed by atoms with Crippen LogP contribution in [0.5, 0.6) is 5.75 Å². The number of esters is 1. The van der Waals surface area contributed by atoms with E-state index in [0.29, 0.717) is 0 Å². The molecule has 0 heterocycles. The summed E-state index contributed by atoms with van der Waals surface area (Å²) < 4.78 is 37.0. The maximum absolute atomic E-state index is 11.5. The number of carbonyl (C=O) groups excluding carboxylic acids is 1. The maximum Gasteiger partial charge on any atom is 1.00 e. The molecular weight excluding hydrogens is 267 g/mol. The van der Waals surface area contributed by atoms with Gasteiger partial charge in [0.1, 0.15) is 15.9 Å². The quantitative estimate of drug-likeness (QED) is 0.286. The number of benzene rings is 1. The zero-order chi connectivity index (χ0) is 13.3. The molecule has 0 N–H and O–H groups in total. The van der Waals surface area contributed by atoms with Crippen molar-refractivity contribution in [2.75, 3.05) is 0 Å². The van der Waals surface area contributed by atoms with Crippen LogP contribution in [0.1, 0.15) is 20.8 Å². The molecule has 1 aromatic rings. The van der Waals surface area contributed by atoms with Crippen molar-refractivity contribution in [1.82, 2.24) is 0 Å². The molecule has 18 heavy (non-hydrogen) atoms. The summed E-state index contributed by atoms with van der Waals surface area (Å²) in [5.41, 5.74) is -0.650. The Balaban J connectivity index is 0.00000289. The summed E-state index contributed by atoms with van der Waals surface area (Å²) in [6.07, 6.45) is 0. The second kappa shape index (κ2) is 6.16. The number of ether oxygens (including phenoxy) is 1. The van der Waals surface area contributed by atoms with Crippen LogP contribution in [0.25, 0.3) is 0 Å². The third kappa shape index (κ3) is 5.07. The van der Waals surface area contributed by atoms with Gasteiger partial charge in [0, 0.05) is 0 Å². The van der Waals surface area contributed by atoms with Crippen molar-refractivity contribution in [2.45, 2.75) is 25.7 Å². The van der Waals surface area contributed by atoms with E-state index in [4.69, 9.17) is 4.74 Å². The zero-order valence-electron chi connectivity index (χ0n) is 10.8. The van der Waals surface area contributed by atoms with E-state index in [1.807, 2.05) is 0 Å². The summed E-state index contributed by atoms with van der Waals surface area (Å²) in [7, 11) is -4.47. The molecule has 0 unspecified atom stereocenters. The Labute approximate surface area is 129 Å². The first-order chi connectivity index (χ1) is 7.60. The Morgan fingerprint density at radius 3 is 1.94 bits per heavy atom. The molecule has 0 atom stereocenters. The van der Waals surface area contributed by atoms with Crippen LogP contribution < -0.4 is 34.3 Å². The van der Waals surface area contributed by atoms with Crippen molar-refractivity contribution < 1.29 is 52.1 Å². The number of carbonyl (C=O) groups is 1. The van der Waals surface area contributed by atoms with Gasteiger partial charge in [-0.15, -0.1) is 0 Å². The van der Waals surface area contributed by atoms with Crippen LogP contribution in [0.15, 0.2) is 29.2 Å². The minimum atomic E-state index is -4.47. The van der Waals surface area contributed by atoms with E-state index in [-0.39, 0.29) is 40.2 Å². The molecular formula is C11H13NaO5S. The van der Waals surface area contributed by atoms with Crippen LogP contribution in [-0.2, 0) is 14.9 Å². The van der Waals surface area contributed by atoms with Crippen LogP contribution in [0.2, 0.25) is 0 Å². The largest absolute Gasteiger partial charge is 1.00 e. The topological polar surface area (TPSA) is 83.5 Å². The summed E-state index contributed by atoms with van der Waals surface area (Å²) >= 11 is 0. The number of rotatable bonds is 2. The average Bonchev–Trinajstić information content (AvgIpc) is 2.15. The fourth-order valence-corrected chi connectivity index (χ4v) is 1.40. The van der Waals surface area contributed by atoms with Gasteiger partial charge in [-0.25, -0.2) is 8.42 Å². The molecule has 94 valence electrons. The molecule has 7 heteroatoms. The Morgan fingerprint density at radius 1 is 1.17 bits per heavy atom. The van der Waals surface area contributed by atoms with E-state index in [1.54, 1.807) is 20.8 Å². The first-order valence-electron chi connectivity index (χ1n) is 4.89. The zero-order valence-corrected chi connectivity index (χ0v) is 13.6. The standard InChI is InChI=1S/C11H14O5S.Na/c1-11(2,3)10(12)16-8-4-6-9(7-5-8)17(13,14)15;/h4-7H,1-3H3,(H,13,14,15);/q;+1/p-1. The number of hydrogen-bond acceptors (Lipinski definition) is 5. The SMILES string of the molecule is CC(C)(C)C(=O)Oc1ccc(S(=O)(=O)[O-])cc1.[Na+]. The summed E-state index contributed by atoms with van der Waals surface area (Å²) in [4.78, 5) is 11.2. The molecule has 0 amide bonds. The van der Waals surface area contributed by atoms with E-state index in [1.165, 1.54) is 12.1 Å². The minimum Gasteiger partial charge on any atom is -0.744 e. The average molecular weight is 280 g/mol. The Hall–Kier alpha value is -0.400. The fourth-order valence-electron chi connectivity index (χ4n) is 0.934. The molecule has 0 saturated heterocycles. The smallest absolute Gasteiger partial charge is 0.744 e. The summed E-state index contributed by atoms with van der Waals surface area (Å²) in [5.74, 6) is -0.229. The van der Waals surface area contributed by atoms with E-state index < -0.39 is 21.5 Å². The van der Waals surface area contributed by atoms with Gasteiger partial charge in [-0.05, 0) is 45.0 Å². The van der Waals surface area contributed by atoms with E-state index >= 15 is 0 Å². The second-order valence-electron chi connectivity index (χ2n) is 4.57. The van der Waals surface area contributed by atoms with Crippen LogP contribution in [0, 0.1) is 5.41 Å². The van der Waals surface area contributed by atoms with Gasteiger partial charge in [0.05, 0.1) is 10.3 Å². The molecule has 0 bridgehead atoms. The Morgan fingerprint density at radius 2 is 1.61 bits per heavy atom. The van der Waals surface area contributed by atoms with Crippen molar-refractivity contribution in [3.63, 3.8) is 0 Å². The molecule has 0 aliphatic heterocycles. The monoisotopic (exact) mass is 280 g/mol. The molecule has 1 aromatic carbocycles. The molecule has 0 aliphatic rings. The van der Waals surface area contributed by atoms with Gasteiger partial charge in [0.15, 0.2) is 0 Å². The Kier molecular flexibility index (Phi) is 6.03. The first-order valence-corrected chi connectivity index (χ1v) is 6.30. The molecule has 0 spiro atoms. The number of hydrogen-bond donors (Lipinski definition) is 0. The fraction of sp³-hybridized carbons (Fsp3) is 0.364. The van der Waals surface area contributed by atoms with Crippen molar-refractivity contribution in [1.29, 1.82) is 0 Å². The molecule has 0 saturated carbocycles. The first kappa shape index (κ1) is 17.6. The van der Waals surface area contributed by atoms with Crippen molar-refractivity contribution >= 4 is 16.1 Å². The second-order valence-corrected chi connectivity index (χ2v) is 5.94.